The van der Waals surface area contributed by atoms with Crippen molar-refractivity contribution in [3.8, 4) is 22.8 Å². The van der Waals surface area contributed by atoms with Gasteiger partial charge in [0.05, 0.1) is 11.4 Å². The van der Waals surface area contributed by atoms with Crippen molar-refractivity contribution in [3.63, 3.8) is 0 Å². The van der Waals surface area contributed by atoms with Crippen LogP contribution in [0.3, 0.4) is 0 Å². The van der Waals surface area contributed by atoms with E-state index >= 15 is 0 Å². The molecule has 0 unspecified atom stereocenters. The highest BCUT2D eigenvalue weighted by molar-refractivity contribution is 5.99. The Balaban J connectivity index is 1.42. The average molecular weight is 531 g/mol. The van der Waals surface area contributed by atoms with Gasteiger partial charge in [-0.15, -0.1) is 0 Å². The minimum Gasteiger partial charge on any atom is -0.457 e. The van der Waals surface area contributed by atoms with Crippen molar-refractivity contribution < 1.29 is 14.3 Å². The summed E-state index contributed by atoms with van der Waals surface area (Å²) in [5.74, 6) is 1.68. The molecule has 1 saturated carbocycles. The number of carbonyl (C=O) groups excluding carboxylic acids is 1. The largest absolute Gasteiger partial charge is 0.457 e. The number of hydrogen-bond acceptors (Lipinski definition) is 7. The van der Waals surface area contributed by atoms with Gasteiger partial charge in [0.15, 0.2) is 5.82 Å². The van der Waals surface area contributed by atoms with E-state index in [4.69, 9.17) is 20.3 Å². The predicted octanol–water partition coefficient (Wildman–Crippen LogP) is 5.18. The van der Waals surface area contributed by atoms with E-state index in [1.54, 1.807) is 7.05 Å². The number of aryl methyl sites for hydroxylation is 1. The molecule has 0 bridgehead atoms. The van der Waals surface area contributed by atoms with Crippen molar-refractivity contribution in [2.45, 2.75) is 64.1 Å². The molecule has 10 nitrogen and oxygen atoms in total. The number of amides is 1. The lowest BCUT2D eigenvalue weighted by atomic mass is 9.91. The molecule has 0 spiro atoms. The zero-order chi connectivity index (χ0) is 27.7. The van der Waals surface area contributed by atoms with Crippen LogP contribution in [0.15, 0.2) is 59.4 Å². The third-order valence-electron chi connectivity index (χ3n) is 6.79. The van der Waals surface area contributed by atoms with E-state index in [0.717, 1.165) is 37.0 Å². The fourth-order valence-electron chi connectivity index (χ4n) is 5.00. The minimum atomic E-state index is -0.550. The number of aromatic nitrogens is 4. The maximum atomic E-state index is 13.3. The number of nitrogens with two attached hydrogens (primary N) is 1. The molecule has 2 aromatic carbocycles. The Morgan fingerprint density at radius 3 is 2.26 bits per heavy atom. The Labute approximate surface area is 226 Å². The van der Waals surface area contributed by atoms with E-state index in [2.05, 4.69) is 10.4 Å². The van der Waals surface area contributed by atoms with E-state index in [1.807, 2.05) is 80.1 Å². The number of alkyl carbamates (subject to hydrolysis) is 1. The number of nitrogens with one attached hydrogen (secondary N) is 1. The minimum absolute atomic E-state index is 0.00382. The molecule has 0 aliphatic heterocycles. The summed E-state index contributed by atoms with van der Waals surface area (Å²) in [6, 6.07) is 17.1. The van der Waals surface area contributed by atoms with Crippen LogP contribution in [0.4, 0.5) is 10.6 Å². The highest BCUT2D eigenvalue weighted by atomic mass is 16.6. The third kappa shape index (κ3) is 5.74. The van der Waals surface area contributed by atoms with Crippen LogP contribution in [-0.4, -0.2) is 37.3 Å². The fourth-order valence-corrected chi connectivity index (χ4v) is 5.00. The van der Waals surface area contributed by atoms with E-state index in [9.17, 15) is 9.59 Å². The van der Waals surface area contributed by atoms with Crippen molar-refractivity contribution in [2.24, 2.45) is 7.05 Å². The Hall–Kier alpha value is -4.34. The number of para-hydroxylation sites is 1. The van der Waals surface area contributed by atoms with Crippen LogP contribution in [0.2, 0.25) is 0 Å². The lowest BCUT2D eigenvalue weighted by Crippen LogP contribution is -2.41. The third-order valence-corrected chi connectivity index (χ3v) is 6.79. The Morgan fingerprint density at radius 2 is 1.62 bits per heavy atom. The van der Waals surface area contributed by atoms with Gasteiger partial charge in [-0.3, -0.25) is 9.48 Å². The number of ether oxygens (including phenoxy) is 2. The summed E-state index contributed by atoms with van der Waals surface area (Å²) >= 11 is 0. The molecule has 0 radical (unpaired) electrons. The number of fused-ring (bicyclic) bond motifs is 1. The Bertz CT molecular complexity index is 1530. The molecule has 1 aliphatic rings. The standard InChI is InChI=1S/C29H34N6O4/c1-29(2,3)39-28(37)31-19-12-14-20(15-13-19)35-25-23(26(30)33-34(4)27(25)36)24(32-35)18-10-16-22(17-11-18)38-21-8-6-5-7-9-21/h5-11,16-17,19-20H,12-15H2,1-4H3,(H2,30,33)(H,31,37)/t19-,20+. The van der Waals surface area contributed by atoms with Gasteiger partial charge in [-0.25, -0.2) is 9.48 Å². The van der Waals surface area contributed by atoms with Crippen LogP contribution in [-0.2, 0) is 11.8 Å². The molecule has 39 heavy (non-hydrogen) atoms. The van der Waals surface area contributed by atoms with Gasteiger partial charge >= 0.3 is 6.09 Å². The molecule has 204 valence electrons. The smallest absolute Gasteiger partial charge is 0.407 e. The summed E-state index contributed by atoms with van der Waals surface area (Å²) in [7, 11) is 1.59. The number of hydrogen-bond donors (Lipinski definition) is 2. The molecule has 0 atom stereocenters. The Morgan fingerprint density at radius 1 is 0.974 bits per heavy atom. The second kappa shape index (κ2) is 10.4. The van der Waals surface area contributed by atoms with Gasteiger partial charge < -0.3 is 20.5 Å². The van der Waals surface area contributed by atoms with Gasteiger partial charge in [-0.05, 0) is 82.9 Å². The van der Waals surface area contributed by atoms with Gasteiger partial charge in [0.25, 0.3) is 5.56 Å². The maximum absolute atomic E-state index is 13.3. The number of nitrogen functional groups attached to an aromatic ring is 1. The summed E-state index contributed by atoms with van der Waals surface area (Å²) in [4.78, 5) is 25.5. The van der Waals surface area contributed by atoms with Gasteiger partial charge in [-0.1, -0.05) is 18.2 Å². The fraction of sp³-hybridized carbons (Fsp3) is 0.379. The normalized spacial score (nSPS) is 17.6. The second-order valence-electron chi connectivity index (χ2n) is 10.9. The van der Waals surface area contributed by atoms with Crippen molar-refractivity contribution >= 4 is 22.8 Å². The van der Waals surface area contributed by atoms with Crippen LogP contribution in [0.1, 0.15) is 52.5 Å². The highest BCUT2D eigenvalue weighted by Crippen LogP contribution is 2.36. The molecule has 0 saturated heterocycles. The van der Waals surface area contributed by atoms with E-state index in [0.29, 0.717) is 22.3 Å². The number of benzene rings is 2. The molecule has 2 heterocycles. The summed E-state index contributed by atoms with van der Waals surface area (Å²) in [5.41, 5.74) is 7.40. The number of carbonyl (C=O) groups is 1. The monoisotopic (exact) mass is 530 g/mol. The van der Waals surface area contributed by atoms with Crippen molar-refractivity contribution in [3.05, 3.63) is 65.0 Å². The van der Waals surface area contributed by atoms with E-state index in [-0.39, 0.29) is 23.5 Å². The quantitative estimate of drug-likeness (QED) is 0.364. The first kappa shape index (κ1) is 26.3. The lowest BCUT2D eigenvalue weighted by molar-refractivity contribution is 0.0487. The topological polar surface area (TPSA) is 126 Å². The second-order valence-corrected chi connectivity index (χ2v) is 10.9. The predicted molar refractivity (Wildman–Crippen MR) is 150 cm³/mol. The molecule has 1 aliphatic carbocycles. The van der Waals surface area contributed by atoms with Crippen molar-refractivity contribution in [2.75, 3.05) is 5.73 Å². The molecule has 10 heteroatoms. The van der Waals surface area contributed by atoms with Gasteiger partial charge in [0.2, 0.25) is 0 Å². The summed E-state index contributed by atoms with van der Waals surface area (Å²) in [5, 5.41) is 12.7. The number of nitrogens with zero attached hydrogens (tertiary/aromatic N) is 4. The molecule has 4 aromatic rings. The summed E-state index contributed by atoms with van der Waals surface area (Å²) < 4.78 is 14.4. The molecular weight excluding hydrogens is 496 g/mol. The zero-order valence-corrected chi connectivity index (χ0v) is 22.7. The summed E-state index contributed by atoms with van der Waals surface area (Å²) in [6.07, 6.45) is 2.56. The molecule has 3 N–H and O–H groups in total. The van der Waals surface area contributed by atoms with Crippen LogP contribution >= 0.6 is 0 Å². The molecule has 1 amide bonds. The molecule has 5 rings (SSSR count). The van der Waals surface area contributed by atoms with Crippen LogP contribution < -0.4 is 21.3 Å². The maximum Gasteiger partial charge on any atom is 0.407 e. The first-order valence-electron chi connectivity index (χ1n) is 13.2. The van der Waals surface area contributed by atoms with Crippen molar-refractivity contribution in [1.82, 2.24) is 24.9 Å². The lowest BCUT2D eigenvalue weighted by Gasteiger charge is -2.30. The van der Waals surface area contributed by atoms with Crippen LogP contribution in [0, 0.1) is 0 Å². The van der Waals surface area contributed by atoms with Crippen molar-refractivity contribution in [1.29, 1.82) is 0 Å². The summed E-state index contributed by atoms with van der Waals surface area (Å²) in [6.45, 7) is 5.53. The first-order valence-corrected chi connectivity index (χ1v) is 13.2. The molecule has 2 aromatic heterocycles. The zero-order valence-electron chi connectivity index (χ0n) is 22.7. The highest BCUT2D eigenvalue weighted by Gasteiger charge is 2.29. The van der Waals surface area contributed by atoms with Gasteiger partial charge in [-0.2, -0.15) is 10.2 Å². The Kier molecular flexibility index (Phi) is 7.03. The van der Waals surface area contributed by atoms with Gasteiger partial charge in [0, 0.05) is 18.7 Å². The molecular formula is C29H34N6O4. The van der Waals surface area contributed by atoms with E-state index in [1.165, 1.54) is 4.68 Å². The first-order chi connectivity index (χ1) is 18.6. The average Bonchev–Trinajstić information content (AvgIpc) is 3.29. The SMILES string of the molecule is Cn1nc(N)c2c(-c3ccc(Oc4ccccc4)cc3)nn([C@H]3CC[C@@H](NC(=O)OC(C)(C)C)CC3)c2c1=O. The van der Waals surface area contributed by atoms with Crippen LogP contribution in [0.5, 0.6) is 11.5 Å². The molecule has 1 fully saturated rings. The van der Waals surface area contributed by atoms with Gasteiger partial charge in [0.1, 0.15) is 28.3 Å². The number of anilines is 1. The van der Waals surface area contributed by atoms with Crippen LogP contribution in [0.25, 0.3) is 22.2 Å². The van der Waals surface area contributed by atoms with E-state index < -0.39 is 11.7 Å². The number of rotatable bonds is 5.